The lowest BCUT2D eigenvalue weighted by atomic mass is 9.92. The Morgan fingerprint density at radius 3 is 2.93 bits per heavy atom. The van der Waals surface area contributed by atoms with Gasteiger partial charge in [0, 0.05) is 23.2 Å². The Labute approximate surface area is 175 Å². The number of nitrogens with zero attached hydrogens (tertiary/aromatic N) is 2. The summed E-state index contributed by atoms with van der Waals surface area (Å²) in [5.74, 6) is 0.176. The molecule has 2 unspecified atom stereocenters. The normalized spacial score (nSPS) is 20.3. The standard InChI is InChI=1S/C20H19ClF3N5O/c21-12-3-1-4-13(9-12)29-14(10-18(28-29)20(22,23)24)11-26-19(30)27-17-6-2-5-16-15(17)7-8-25-16/h1-6,9-10,15,17,25H,7-8,11H2,(H2,26,27,30). The fourth-order valence-corrected chi connectivity index (χ4v) is 3.85. The number of aromatic nitrogens is 2. The first kappa shape index (κ1) is 20.3. The van der Waals surface area contributed by atoms with Crippen molar-refractivity contribution in [2.75, 3.05) is 6.54 Å². The van der Waals surface area contributed by atoms with Gasteiger partial charge in [0.05, 0.1) is 24.0 Å². The maximum absolute atomic E-state index is 13.2. The summed E-state index contributed by atoms with van der Waals surface area (Å²) in [5.41, 5.74) is 0.595. The maximum Gasteiger partial charge on any atom is 0.435 e. The van der Waals surface area contributed by atoms with Crippen molar-refractivity contribution in [3.63, 3.8) is 0 Å². The van der Waals surface area contributed by atoms with Gasteiger partial charge in [-0.25, -0.2) is 9.48 Å². The van der Waals surface area contributed by atoms with Crippen molar-refractivity contribution in [1.29, 1.82) is 0 Å². The highest BCUT2D eigenvalue weighted by atomic mass is 35.5. The number of hydrogen-bond donors (Lipinski definition) is 3. The summed E-state index contributed by atoms with van der Waals surface area (Å²) in [6.45, 7) is 0.709. The molecular formula is C20H19ClF3N5O. The molecule has 4 rings (SSSR count). The first-order valence-corrected chi connectivity index (χ1v) is 9.78. The number of hydrogen-bond acceptors (Lipinski definition) is 3. The number of rotatable bonds is 4. The Morgan fingerprint density at radius 2 is 2.17 bits per heavy atom. The molecule has 10 heteroatoms. The van der Waals surface area contributed by atoms with E-state index >= 15 is 0 Å². The Kier molecular flexibility index (Phi) is 5.46. The van der Waals surface area contributed by atoms with Crippen LogP contribution in [-0.4, -0.2) is 28.4 Å². The zero-order valence-corrected chi connectivity index (χ0v) is 16.5. The zero-order chi connectivity index (χ0) is 21.3. The second-order valence-corrected chi connectivity index (χ2v) is 7.53. The predicted octanol–water partition coefficient (Wildman–Crippen LogP) is 3.78. The second kappa shape index (κ2) is 8.06. The summed E-state index contributed by atoms with van der Waals surface area (Å²) in [6, 6.07) is 6.61. The third-order valence-electron chi connectivity index (χ3n) is 5.07. The van der Waals surface area contributed by atoms with Crippen LogP contribution in [0.25, 0.3) is 5.69 Å². The van der Waals surface area contributed by atoms with Gasteiger partial charge in [-0.3, -0.25) is 0 Å². The molecule has 2 amide bonds. The maximum atomic E-state index is 13.2. The fourth-order valence-electron chi connectivity index (χ4n) is 3.66. The van der Waals surface area contributed by atoms with Gasteiger partial charge in [0.1, 0.15) is 0 Å². The van der Waals surface area contributed by atoms with Crippen LogP contribution in [0.4, 0.5) is 18.0 Å². The molecular weight excluding hydrogens is 419 g/mol. The molecule has 1 aliphatic heterocycles. The number of benzene rings is 1. The topological polar surface area (TPSA) is 71.0 Å². The van der Waals surface area contributed by atoms with Crippen molar-refractivity contribution in [3.8, 4) is 5.69 Å². The Morgan fingerprint density at radius 1 is 1.33 bits per heavy atom. The Hall–Kier alpha value is -2.94. The molecule has 1 fully saturated rings. The molecule has 1 aromatic heterocycles. The molecule has 3 N–H and O–H groups in total. The summed E-state index contributed by atoms with van der Waals surface area (Å²) in [7, 11) is 0. The van der Waals surface area contributed by atoms with Crippen LogP contribution in [0.5, 0.6) is 0 Å². The Balaban J connectivity index is 1.48. The van der Waals surface area contributed by atoms with Crippen LogP contribution >= 0.6 is 11.6 Å². The van der Waals surface area contributed by atoms with E-state index in [2.05, 4.69) is 21.0 Å². The van der Waals surface area contributed by atoms with E-state index < -0.39 is 17.9 Å². The molecule has 2 aromatic rings. The van der Waals surface area contributed by atoms with Gasteiger partial charge in [0.25, 0.3) is 0 Å². The quantitative estimate of drug-likeness (QED) is 0.681. The van der Waals surface area contributed by atoms with E-state index in [1.807, 2.05) is 18.2 Å². The van der Waals surface area contributed by atoms with Crippen molar-refractivity contribution >= 4 is 17.6 Å². The number of alkyl halides is 3. The van der Waals surface area contributed by atoms with E-state index in [9.17, 15) is 18.0 Å². The highest BCUT2D eigenvalue weighted by Crippen LogP contribution is 2.30. The minimum absolute atomic E-state index is 0.135. The van der Waals surface area contributed by atoms with Gasteiger partial charge in [-0.15, -0.1) is 0 Å². The van der Waals surface area contributed by atoms with Crippen LogP contribution in [0, 0.1) is 5.92 Å². The van der Waals surface area contributed by atoms with Gasteiger partial charge < -0.3 is 16.0 Å². The molecule has 2 atom stereocenters. The van der Waals surface area contributed by atoms with Crippen LogP contribution in [0.2, 0.25) is 5.02 Å². The lowest BCUT2D eigenvalue weighted by Gasteiger charge is -2.25. The largest absolute Gasteiger partial charge is 0.435 e. The SMILES string of the molecule is O=C(NCc1cc(C(F)(F)F)nn1-c1cccc(Cl)c1)NC1C=CC=C2NCCC21. The number of carbonyl (C=O) groups is 1. The lowest BCUT2D eigenvalue weighted by Crippen LogP contribution is -2.45. The summed E-state index contributed by atoms with van der Waals surface area (Å²) in [6.07, 6.45) is 2.05. The molecule has 30 heavy (non-hydrogen) atoms. The minimum atomic E-state index is -4.61. The van der Waals surface area contributed by atoms with E-state index in [1.54, 1.807) is 18.2 Å². The van der Waals surface area contributed by atoms with Gasteiger partial charge in [-0.1, -0.05) is 29.8 Å². The number of fused-ring (bicyclic) bond motifs is 1. The highest BCUT2D eigenvalue weighted by Gasteiger charge is 2.35. The van der Waals surface area contributed by atoms with Gasteiger partial charge in [0.2, 0.25) is 0 Å². The molecule has 0 saturated carbocycles. The van der Waals surface area contributed by atoms with Crippen LogP contribution in [-0.2, 0) is 12.7 Å². The van der Waals surface area contributed by atoms with E-state index in [4.69, 9.17) is 11.6 Å². The van der Waals surface area contributed by atoms with E-state index in [1.165, 1.54) is 6.07 Å². The minimum Gasteiger partial charge on any atom is -0.388 e. The van der Waals surface area contributed by atoms with Crippen molar-refractivity contribution in [3.05, 3.63) is 70.7 Å². The van der Waals surface area contributed by atoms with Crippen LogP contribution in [0.15, 0.2) is 54.3 Å². The highest BCUT2D eigenvalue weighted by molar-refractivity contribution is 6.30. The van der Waals surface area contributed by atoms with Crippen LogP contribution < -0.4 is 16.0 Å². The average Bonchev–Trinajstić information content (AvgIpc) is 3.34. The lowest BCUT2D eigenvalue weighted by molar-refractivity contribution is -0.141. The number of amides is 2. The summed E-state index contributed by atoms with van der Waals surface area (Å²) >= 11 is 5.96. The number of halogens is 4. The number of urea groups is 1. The van der Waals surface area contributed by atoms with E-state index in [0.717, 1.165) is 29.4 Å². The third-order valence-corrected chi connectivity index (χ3v) is 5.30. The summed E-state index contributed by atoms with van der Waals surface area (Å²) in [4.78, 5) is 12.4. The number of nitrogens with one attached hydrogen (secondary N) is 3. The Bertz CT molecular complexity index is 1010. The number of allylic oxidation sites excluding steroid dienone is 2. The van der Waals surface area contributed by atoms with Crippen LogP contribution in [0.1, 0.15) is 17.8 Å². The van der Waals surface area contributed by atoms with Gasteiger partial charge in [0.15, 0.2) is 5.69 Å². The molecule has 0 bridgehead atoms. The number of carbonyl (C=O) groups excluding carboxylic acids is 1. The van der Waals surface area contributed by atoms with E-state index in [-0.39, 0.29) is 24.2 Å². The monoisotopic (exact) mass is 437 g/mol. The summed E-state index contributed by atoms with van der Waals surface area (Å²) in [5, 5.41) is 12.8. The first-order valence-electron chi connectivity index (χ1n) is 9.40. The predicted molar refractivity (Wildman–Crippen MR) is 106 cm³/mol. The molecule has 2 heterocycles. The molecule has 0 radical (unpaired) electrons. The first-order chi connectivity index (χ1) is 14.3. The second-order valence-electron chi connectivity index (χ2n) is 7.09. The molecule has 1 aliphatic carbocycles. The third kappa shape index (κ3) is 4.30. The molecule has 2 aliphatic rings. The van der Waals surface area contributed by atoms with Crippen molar-refractivity contribution in [2.45, 2.75) is 25.2 Å². The molecule has 6 nitrogen and oxygen atoms in total. The molecule has 0 spiro atoms. The van der Waals surface area contributed by atoms with Gasteiger partial charge in [-0.2, -0.15) is 18.3 Å². The zero-order valence-electron chi connectivity index (χ0n) is 15.7. The van der Waals surface area contributed by atoms with Crippen molar-refractivity contribution in [1.82, 2.24) is 25.7 Å². The van der Waals surface area contributed by atoms with Crippen molar-refractivity contribution in [2.24, 2.45) is 5.92 Å². The van der Waals surface area contributed by atoms with Gasteiger partial charge >= 0.3 is 12.2 Å². The van der Waals surface area contributed by atoms with Crippen LogP contribution in [0.3, 0.4) is 0 Å². The smallest absolute Gasteiger partial charge is 0.388 e. The van der Waals surface area contributed by atoms with Crippen molar-refractivity contribution < 1.29 is 18.0 Å². The molecule has 1 aromatic carbocycles. The fraction of sp³-hybridized carbons (Fsp3) is 0.300. The van der Waals surface area contributed by atoms with Gasteiger partial charge in [-0.05, 0) is 36.8 Å². The molecule has 158 valence electrons. The summed E-state index contributed by atoms with van der Waals surface area (Å²) < 4.78 is 40.7. The molecule has 1 saturated heterocycles. The van der Waals surface area contributed by atoms with E-state index in [0.29, 0.717) is 10.7 Å². The average molecular weight is 438 g/mol.